The minimum Gasteiger partial charge on any atom is -0.350 e. The highest BCUT2D eigenvalue weighted by Crippen LogP contribution is 2.29. The normalized spacial score (nSPS) is 16.9. The zero-order valence-corrected chi connectivity index (χ0v) is 20.2. The number of aromatic nitrogens is 2. The Kier molecular flexibility index (Phi) is 6.71. The van der Waals surface area contributed by atoms with Crippen LogP contribution >= 0.6 is 0 Å². The number of anilines is 1. The molecule has 2 aromatic carbocycles. The van der Waals surface area contributed by atoms with Gasteiger partial charge in [-0.3, -0.25) is 14.4 Å². The lowest BCUT2D eigenvalue weighted by Crippen LogP contribution is -2.40. The number of likely N-dealkylation sites (N-methyl/N-ethyl adjacent to an activating group) is 1. The molecule has 8 nitrogen and oxygen atoms in total. The lowest BCUT2D eigenvalue weighted by Gasteiger charge is -2.23. The first kappa shape index (κ1) is 23.3. The molecule has 0 aliphatic carbocycles. The zero-order chi connectivity index (χ0) is 23.6. The van der Waals surface area contributed by atoms with Gasteiger partial charge >= 0.3 is 0 Å². The highest BCUT2D eigenvalue weighted by molar-refractivity contribution is 7.92. The van der Waals surface area contributed by atoms with E-state index in [2.05, 4.69) is 21.9 Å². The summed E-state index contributed by atoms with van der Waals surface area (Å²) in [5.74, 6) is 0.421. The van der Waals surface area contributed by atoms with Crippen LogP contribution < -0.4 is 10.0 Å². The van der Waals surface area contributed by atoms with Gasteiger partial charge in [-0.1, -0.05) is 37.3 Å². The maximum atomic E-state index is 13.3. The van der Waals surface area contributed by atoms with Gasteiger partial charge in [0, 0.05) is 25.2 Å². The third-order valence-corrected chi connectivity index (χ3v) is 7.61. The molecule has 1 saturated heterocycles. The SMILES string of the molecule is CCN1CCC[C@@H]1CNC(=O)c1cc(NS(=O)(=O)CC)cc2nc(-c3ccccc3)n(C)c12. The third-order valence-electron chi connectivity index (χ3n) is 6.30. The standard InChI is InChI=1S/C24H31N5O3S/c1-4-29-13-9-12-19(29)16-25-24(30)20-14-18(27-33(31,32)5-2)15-21-22(20)28(3)23(26-21)17-10-7-6-8-11-17/h6-8,10-11,14-15,19,27H,4-5,9,12-13,16H2,1-3H3,(H,25,30)/t19-/m1/s1. The summed E-state index contributed by atoms with van der Waals surface area (Å²) >= 11 is 0. The Hall–Kier alpha value is -2.91. The third kappa shape index (κ3) is 4.89. The summed E-state index contributed by atoms with van der Waals surface area (Å²) in [6.07, 6.45) is 2.19. The zero-order valence-electron chi connectivity index (χ0n) is 19.3. The number of sulfonamides is 1. The number of amides is 1. The van der Waals surface area contributed by atoms with Crippen LogP contribution in [0, 0.1) is 0 Å². The highest BCUT2D eigenvalue weighted by atomic mass is 32.2. The van der Waals surface area contributed by atoms with Crippen molar-refractivity contribution < 1.29 is 13.2 Å². The minimum absolute atomic E-state index is 0.0570. The van der Waals surface area contributed by atoms with Crippen LogP contribution in [0.15, 0.2) is 42.5 Å². The first-order chi connectivity index (χ1) is 15.8. The Labute approximate surface area is 195 Å². The Morgan fingerprint density at radius 1 is 1.18 bits per heavy atom. The van der Waals surface area contributed by atoms with Crippen LogP contribution in [0.25, 0.3) is 22.4 Å². The maximum absolute atomic E-state index is 13.3. The van der Waals surface area contributed by atoms with Crippen LogP contribution in [0.3, 0.4) is 0 Å². The average Bonchev–Trinajstić information content (AvgIpc) is 3.41. The minimum atomic E-state index is -3.50. The van der Waals surface area contributed by atoms with Gasteiger partial charge in [0.25, 0.3) is 5.91 Å². The molecular formula is C24H31N5O3S. The van der Waals surface area contributed by atoms with E-state index in [0.29, 0.717) is 40.7 Å². The summed E-state index contributed by atoms with van der Waals surface area (Å²) in [4.78, 5) is 20.5. The number of rotatable bonds is 8. The summed E-state index contributed by atoms with van der Waals surface area (Å²) in [5.41, 5.74) is 2.89. The molecule has 0 saturated carbocycles. The van der Waals surface area contributed by atoms with Gasteiger partial charge in [0.15, 0.2) is 0 Å². The Morgan fingerprint density at radius 2 is 1.94 bits per heavy atom. The second-order valence-corrected chi connectivity index (χ2v) is 10.4. The van der Waals surface area contributed by atoms with E-state index in [-0.39, 0.29) is 11.7 Å². The molecule has 4 rings (SSSR count). The largest absolute Gasteiger partial charge is 0.350 e. The van der Waals surface area contributed by atoms with Crippen molar-refractivity contribution in [1.82, 2.24) is 19.8 Å². The van der Waals surface area contributed by atoms with Crippen molar-refractivity contribution in [3.05, 3.63) is 48.0 Å². The number of nitrogens with one attached hydrogen (secondary N) is 2. The van der Waals surface area contributed by atoms with Crippen LogP contribution in [-0.2, 0) is 17.1 Å². The van der Waals surface area contributed by atoms with Gasteiger partial charge in [-0.25, -0.2) is 13.4 Å². The summed E-state index contributed by atoms with van der Waals surface area (Å²) in [6, 6.07) is 13.3. The Bertz CT molecular complexity index is 1250. The Balaban J connectivity index is 1.74. The maximum Gasteiger partial charge on any atom is 0.253 e. The fourth-order valence-electron chi connectivity index (χ4n) is 4.53. The van der Waals surface area contributed by atoms with Crippen molar-refractivity contribution in [1.29, 1.82) is 0 Å². The quantitative estimate of drug-likeness (QED) is 0.528. The van der Waals surface area contributed by atoms with E-state index in [1.54, 1.807) is 19.1 Å². The Morgan fingerprint density at radius 3 is 2.64 bits per heavy atom. The van der Waals surface area contributed by atoms with Crippen molar-refractivity contribution in [2.45, 2.75) is 32.7 Å². The molecule has 33 heavy (non-hydrogen) atoms. The molecule has 1 fully saturated rings. The van der Waals surface area contributed by atoms with Crippen molar-refractivity contribution >= 4 is 32.7 Å². The van der Waals surface area contributed by atoms with Gasteiger partial charge in [0.1, 0.15) is 5.82 Å². The molecule has 0 radical (unpaired) electrons. The second-order valence-electron chi connectivity index (χ2n) is 8.39. The van der Waals surface area contributed by atoms with Gasteiger partial charge in [0.2, 0.25) is 10.0 Å². The first-order valence-corrected chi connectivity index (χ1v) is 13.1. The number of benzene rings is 2. The van der Waals surface area contributed by atoms with Crippen LogP contribution in [-0.4, -0.2) is 60.2 Å². The topological polar surface area (TPSA) is 96.3 Å². The first-order valence-electron chi connectivity index (χ1n) is 11.4. The van der Waals surface area contributed by atoms with E-state index in [0.717, 1.165) is 31.5 Å². The van der Waals surface area contributed by atoms with Crippen molar-refractivity contribution in [3.8, 4) is 11.4 Å². The van der Waals surface area contributed by atoms with E-state index in [4.69, 9.17) is 4.98 Å². The van der Waals surface area contributed by atoms with Gasteiger partial charge in [-0.05, 0) is 45.0 Å². The molecule has 1 amide bonds. The molecule has 1 aliphatic rings. The summed E-state index contributed by atoms with van der Waals surface area (Å²) in [6.45, 7) is 6.28. The molecular weight excluding hydrogens is 438 g/mol. The number of aryl methyl sites for hydroxylation is 1. The number of fused-ring (bicyclic) bond motifs is 1. The molecule has 9 heteroatoms. The molecule has 2 heterocycles. The molecule has 3 aromatic rings. The van der Waals surface area contributed by atoms with E-state index >= 15 is 0 Å². The van der Waals surface area contributed by atoms with Gasteiger partial charge < -0.3 is 9.88 Å². The monoisotopic (exact) mass is 469 g/mol. The highest BCUT2D eigenvalue weighted by Gasteiger charge is 2.25. The number of hydrogen-bond donors (Lipinski definition) is 2. The average molecular weight is 470 g/mol. The second kappa shape index (κ2) is 9.52. The number of carbonyl (C=O) groups excluding carboxylic acids is 1. The van der Waals surface area contributed by atoms with E-state index in [9.17, 15) is 13.2 Å². The van der Waals surface area contributed by atoms with Crippen LogP contribution in [0.4, 0.5) is 5.69 Å². The molecule has 0 bridgehead atoms. The van der Waals surface area contributed by atoms with Crippen molar-refractivity contribution in [3.63, 3.8) is 0 Å². The summed E-state index contributed by atoms with van der Waals surface area (Å²) in [7, 11) is -1.62. The van der Waals surface area contributed by atoms with Crippen molar-refractivity contribution in [2.75, 3.05) is 30.1 Å². The van der Waals surface area contributed by atoms with Gasteiger partial charge in [-0.15, -0.1) is 0 Å². The van der Waals surface area contributed by atoms with E-state index in [1.807, 2.05) is 41.9 Å². The van der Waals surface area contributed by atoms with E-state index < -0.39 is 10.0 Å². The number of likely N-dealkylation sites (tertiary alicyclic amines) is 1. The van der Waals surface area contributed by atoms with Crippen LogP contribution in [0.1, 0.15) is 37.0 Å². The fourth-order valence-corrected chi connectivity index (χ4v) is 5.15. The number of carbonyl (C=O) groups is 1. The molecule has 0 spiro atoms. The molecule has 176 valence electrons. The predicted octanol–water partition coefficient (Wildman–Crippen LogP) is 3.22. The number of hydrogen-bond acceptors (Lipinski definition) is 5. The van der Waals surface area contributed by atoms with E-state index in [1.165, 1.54) is 0 Å². The predicted molar refractivity (Wildman–Crippen MR) is 132 cm³/mol. The molecule has 0 unspecified atom stereocenters. The number of imidazole rings is 1. The molecule has 2 N–H and O–H groups in total. The number of nitrogens with zero attached hydrogens (tertiary/aromatic N) is 3. The summed E-state index contributed by atoms with van der Waals surface area (Å²) < 4.78 is 28.9. The molecule has 1 atom stereocenters. The summed E-state index contributed by atoms with van der Waals surface area (Å²) in [5, 5.41) is 3.08. The molecule has 1 aromatic heterocycles. The molecule has 1 aliphatic heterocycles. The van der Waals surface area contributed by atoms with Gasteiger partial charge in [0.05, 0.1) is 28.0 Å². The fraction of sp³-hybridized carbons (Fsp3) is 0.417. The van der Waals surface area contributed by atoms with Crippen LogP contribution in [0.5, 0.6) is 0 Å². The lowest BCUT2D eigenvalue weighted by molar-refractivity contribution is 0.0942. The van der Waals surface area contributed by atoms with Crippen molar-refractivity contribution in [2.24, 2.45) is 7.05 Å². The van der Waals surface area contributed by atoms with Gasteiger partial charge in [-0.2, -0.15) is 0 Å². The lowest BCUT2D eigenvalue weighted by atomic mass is 10.1. The van der Waals surface area contributed by atoms with Crippen LogP contribution in [0.2, 0.25) is 0 Å². The smallest absolute Gasteiger partial charge is 0.253 e.